The Hall–Kier alpha value is -1.10. The van der Waals surface area contributed by atoms with Crippen molar-refractivity contribution in [2.75, 3.05) is 13.1 Å². The van der Waals surface area contributed by atoms with E-state index in [-0.39, 0.29) is 11.8 Å². The Labute approximate surface area is 114 Å². The average Bonchev–Trinajstić information content (AvgIpc) is 3.20. The molecule has 1 saturated carbocycles. The maximum Gasteiger partial charge on any atom is 0.321 e. The highest BCUT2D eigenvalue weighted by Gasteiger charge is 2.38. The summed E-state index contributed by atoms with van der Waals surface area (Å²) < 4.78 is 0. The van der Waals surface area contributed by atoms with E-state index in [0.29, 0.717) is 0 Å². The second-order valence-electron chi connectivity index (χ2n) is 5.78. The Kier molecular flexibility index (Phi) is 4.80. The molecule has 0 aromatic rings. The lowest BCUT2D eigenvalue weighted by atomic mass is 10.1. The molecule has 19 heavy (non-hydrogen) atoms. The molecule has 1 amide bonds. The van der Waals surface area contributed by atoms with E-state index < -0.39 is 18.1 Å². The molecular formula is C14H24N2O3. The highest BCUT2D eigenvalue weighted by atomic mass is 16.4. The van der Waals surface area contributed by atoms with Gasteiger partial charge in [0.05, 0.1) is 6.04 Å². The minimum atomic E-state index is -0.835. The Morgan fingerprint density at radius 1 is 1.16 bits per heavy atom. The van der Waals surface area contributed by atoms with Gasteiger partial charge in [0.2, 0.25) is 5.91 Å². The first-order valence-electron chi connectivity index (χ1n) is 7.37. The normalized spacial score (nSPS) is 23.5. The number of carboxylic acid groups (broad SMARTS) is 1. The Balaban J connectivity index is 1.88. The van der Waals surface area contributed by atoms with Crippen LogP contribution in [0.25, 0.3) is 0 Å². The van der Waals surface area contributed by atoms with E-state index in [1.807, 2.05) is 4.90 Å². The van der Waals surface area contributed by atoms with Crippen LogP contribution in [0.3, 0.4) is 0 Å². The van der Waals surface area contributed by atoms with E-state index in [1.54, 1.807) is 6.92 Å². The topological polar surface area (TPSA) is 69.6 Å². The first-order valence-corrected chi connectivity index (χ1v) is 7.37. The minimum absolute atomic E-state index is 0.0498. The zero-order chi connectivity index (χ0) is 13.8. The van der Waals surface area contributed by atoms with Crippen molar-refractivity contribution < 1.29 is 14.7 Å². The van der Waals surface area contributed by atoms with E-state index in [0.717, 1.165) is 38.8 Å². The van der Waals surface area contributed by atoms with Gasteiger partial charge in [-0.05, 0) is 38.5 Å². The van der Waals surface area contributed by atoms with Crippen molar-refractivity contribution in [3.63, 3.8) is 0 Å². The van der Waals surface area contributed by atoms with Crippen molar-refractivity contribution in [3.05, 3.63) is 0 Å². The van der Waals surface area contributed by atoms with Crippen molar-refractivity contribution in [2.45, 2.75) is 57.5 Å². The van der Waals surface area contributed by atoms with Crippen LogP contribution in [0.2, 0.25) is 0 Å². The molecule has 1 aliphatic heterocycles. The first-order chi connectivity index (χ1) is 9.09. The standard InChI is InChI=1S/C14H24N2O3/c1-10(15-12(14(18)19)11-6-7-11)13(17)16-8-4-2-3-5-9-16/h10-12,15H,2-9H2,1H3,(H,18,19). The van der Waals surface area contributed by atoms with Crippen LogP contribution in [0.15, 0.2) is 0 Å². The van der Waals surface area contributed by atoms with Gasteiger partial charge in [-0.3, -0.25) is 14.9 Å². The smallest absolute Gasteiger partial charge is 0.321 e. The summed E-state index contributed by atoms with van der Waals surface area (Å²) in [4.78, 5) is 25.4. The quantitative estimate of drug-likeness (QED) is 0.787. The maximum atomic E-state index is 12.3. The van der Waals surface area contributed by atoms with E-state index >= 15 is 0 Å². The molecule has 2 unspecified atom stereocenters. The van der Waals surface area contributed by atoms with Crippen LogP contribution < -0.4 is 5.32 Å². The number of nitrogens with one attached hydrogen (secondary N) is 1. The van der Waals surface area contributed by atoms with Crippen LogP contribution in [-0.2, 0) is 9.59 Å². The fourth-order valence-electron chi connectivity index (χ4n) is 2.74. The monoisotopic (exact) mass is 268 g/mol. The molecule has 0 aromatic carbocycles. The van der Waals surface area contributed by atoms with Gasteiger partial charge < -0.3 is 10.0 Å². The minimum Gasteiger partial charge on any atom is -0.480 e. The number of aliphatic carboxylic acids is 1. The number of carbonyl (C=O) groups is 2. The molecule has 2 rings (SSSR count). The number of amides is 1. The number of hydrogen-bond donors (Lipinski definition) is 2. The fourth-order valence-corrected chi connectivity index (χ4v) is 2.74. The molecular weight excluding hydrogens is 244 g/mol. The Morgan fingerprint density at radius 2 is 1.74 bits per heavy atom. The predicted octanol–water partition coefficient (Wildman–Crippen LogP) is 1.23. The molecule has 1 heterocycles. The van der Waals surface area contributed by atoms with Crippen LogP contribution >= 0.6 is 0 Å². The number of hydrogen-bond acceptors (Lipinski definition) is 3. The van der Waals surface area contributed by atoms with Crippen molar-refractivity contribution in [3.8, 4) is 0 Å². The molecule has 0 spiro atoms. The molecule has 1 saturated heterocycles. The SMILES string of the molecule is CC(NC(C(=O)O)C1CC1)C(=O)N1CCCCCC1. The highest BCUT2D eigenvalue weighted by molar-refractivity contribution is 5.83. The first kappa shape index (κ1) is 14.3. The predicted molar refractivity (Wildman–Crippen MR) is 71.8 cm³/mol. The molecule has 5 heteroatoms. The zero-order valence-corrected chi connectivity index (χ0v) is 11.6. The average molecular weight is 268 g/mol. The molecule has 5 nitrogen and oxygen atoms in total. The molecule has 1 aliphatic carbocycles. The number of carboxylic acids is 1. The van der Waals surface area contributed by atoms with E-state index in [2.05, 4.69) is 5.32 Å². The van der Waals surface area contributed by atoms with E-state index in [1.165, 1.54) is 12.8 Å². The summed E-state index contributed by atoms with van der Waals surface area (Å²) in [5.74, 6) is -0.580. The lowest BCUT2D eigenvalue weighted by Gasteiger charge is -2.26. The van der Waals surface area contributed by atoms with E-state index in [4.69, 9.17) is 0 Å². The van der Waals surface area contributed by atoms with Crippen LogP contribution in [0.4, 0.5) is 0 Å². The van der Waals surface area contributed by atoms with Gasteiger partial charge in [-0.25, -0.2) is 0 Å². The van der Waals surface area contributed by atoms with Gasteiger partial charge in [-0.1, -0.05) is 12.8 Å². The summed E-state index contributed by atoms with van der Waals surface area (Å²) >= 11 is 0. The van der Waals surface area contributed by atoms with Crippen LogP contribution in [0.5, 0.6) is 0 Å². The molecule has 2 aliphatic rings. The molecule has 0 radical (unpaired) electrons. The molecule has 2 atom stereocenters. The fraction of sp³-hybridized carbons (Fsp3) is 0.857. The van der Waals surface area contributed by atoms with Gasteiger partial charge in [0.15, 0.2) is 0 Å². The maximum absolute atomic E-state index is 12.3. The van der Waals surface area contributed by atoms with Crippen LogP contribution in [0.1, 0.15) is 45.4 Å². The van der Waals surface area contributed by atoms with E-state index in [9.17, 15) is 14.7 Å². The highest BCUT2D eigenvalue weighted by Crippen LogP contribution is 2.33. The second kappa shape index (κ2) is 6.37. The summed E-state index contributed by atoms with van der Waals surface area (Å²) in [7, 11) is 0. The van der Waals surface area contributed by atoms with Gasteiger partial charge in [0.1, 0.15) is 6.04 Å². The summed E-state index contributed by atoms with van der Waals surface area (Å²) in [5, 5.41) is 12.2. The summed E-state index contributed by atoms with van der Waals surface area (Å²) in [6.45, 7) is 3.41. The van der Waals surface area contributed by atoms with Gasteiger partial charge in [-0.15, -0.1) is 0 Å². The number of nitrogens with zero attached hydrogens (tertiary/aromatic N) is 1. The molecule has 2 N–H and O–H groups in total. The van der Waals surface area contributed by atoms with Crippen LogP contribution in [-0.4, -0.2) is 47.1 Å². The Bertz CT molecular complexity index is 334. The van der Waals surface area contributed by atoms with Gasteiger partial charge in [0.25, 0.3) is 0 Å². The summed E-state index contributed by atoms with van der Waals surface area (Å²) in [5.41, 5.74) is 0. The van der Waals surface area contributed by atoms with Crippen molar-refractivity contribution in [1.29, 1.82) is 0 Å². The third kappa shape index (κ3) is 3.93. The molecule has 2 fully saturated rings. The lowest BCUT2D eigenvalue weighted by Crippen LogP contribution is -2.51. The van der Waals surface area contributed by atoms with Crippen LogP contribution in [0, 0.1) is 5.92 Å². The summed E-state index contributed by atoms with van der Waals surface area (Å²) in [6.07, 6.45) is 6.40. The lowest BCUT2D eigenvalue weighted by molar-refractivity contribution is -0.141. The number of rotatable bonds is 5. The molecule has 0 bridgehead atoms. The van der Waals surface area contributed by atoms with Gasteiger partial charge in [0, 0.05) is 13.1 Å². The largest absolute Gasteiger partial charge is 0.480 e. The third-order valence-corrected chi connectivity index (χ3v) is 4.08. The summed E-state index contributed by atoms with van der Waals surface area (Å²) in [6, 6.07) is -0.967. The molecule has 108 valence electrons. The zero-order valence-electron chi connectivity index (χ0n) is 11.6. The Morgan fingerprint density at radius 3 is 2.21 bits per heavy atom. The van der Waals surface area contributed by atoms with Gasteiger partial charge >= 0.3 is 5.97 Å². The van der Waals surface area contributed by atoms with Crippen molar-refractivity contribution in [2.24, 2.45) is 5.92 Å². The third-order valence-electron chi connectivity index (χ3n) is 4.08. The van der Waals surface area contributed by atoms with Crippen molar-refractivity contribution in [1.82, 2.24) is 10.2 Å². The number of carbonyl (C=O) groups excluding carboxylic acids is 1. The van der Waals surface area contributed by atoms with Crippen molar-refractivity contribution >= 4 is 11.9 Å². The molecule has 0 aromatic heterocycles. The number of likely N-dealkylation sites (tertiary alicyclic amines) is 1. The van der Waals surface area contributed by atoms with Gasteiger partial charge in [-0.2, -0.15) is 0 Å². The second-order valence-corrected chi connectivity index (χ2v) is 5.78.